The number of nitrogens with one attached hydrogen (secondary N) is 2. The van der Waals surface area contributed by atoms with Crippen LogP contribution in [0.25, 0.3) is 0 Å². The molecule has 144 valence electrons. The van der Waals surface area contributed by atoms with Gasteiger partial charge >= 0.3 is 0 Å². The van der Waals surface area contributed by atoms with Gasteiger partial charge in [-0.3, -0.25) is 9.59 Å². The van der Waals surface area contributed by atoms with E-state index in [2.05, 4.69) is 10.6 Å². The lowest BCUT2D eigenvalue weighted by Crippen LogP contribution is -2.25. The lowest BCUT2D eigenvalue weighted by molar-refractivity contribution is -0.115. The van der Waals surface area contributed by atoms with Crippen LogP contribution in [0.15, 0.2) is 36.4 Å². The Morgan fingerprint density at radius 1 is 1.04 bits per heavy atom. The Kier molecular flexibility index (Phi) is 7.30. The second-order valence-corrected chi connectivity index (χ2v) is 7.82. The molecule has 0 radical (unpaired) electrons. The zero-order valence-electron chi connectivity index (χ0n) is 16.4. The van der Waals surface area contributed by atoms with Gasteiger partial charge in [0.2, 0.25) is 11.8 Å². The van der Waals surface area contributed by atoms with Crippen molar-refractivity contribution in [2.45, 2.75) is 32.9 Å². The third-order valence-corrected chi connectivity index (χ3v) is 5.28. The molecule has 2 aromatic carbocycles. The van der Waals surface area contributed by atoms with Gasteiger partial charge in [-0.1, -0.05) is 17.7 Å². The van der Waals surface area contributed by atoms with Crippen LogP contribution in [0.1, 0.15) is 23.6 Å². The Balaban J connectivity index is 1.86. The molecule has 0 fully saturated rings. The van der Waals surface area contributed by atoms with Crippen LogP contribution in [-0.2, 0) is 9.59 Å². The summed E-state index contributed by atoms with van der Waals surface area (Å²) in [5.41, 5.74) is 4.79. The summed E-state index contributed by atoms with van der Waals surface area (Å²) in [5, 5.41) is 5.46. The van der Waals surface area contributed by atoms with E-state index in [-0.39, 0.29) is 22.8 Å². The highest BCUT2D eigenvalue weighted by molar-refractivity contribution is 8.01. The van der Waals surface area contributed by atoms with E-state index in [1.807, 2.05) is 32.9 Å². The SMILES string of the molecule is COc1ccc(NC(=O)CS[C@@H](C)C(=O)Nc2c(C)cc(C)cc2C)cc1. The Morgan fingerprint density at radius 2 is 1.63 bits per heavy atom. The number of carbonyl (C=O) groups excluding carboxylic acids is 2. The van der Waals surface area contributed by atoms with Gasteiger partial charge < -0.3 is 15.4 Å². The van der Waals surface area contributed by atoms with Gasteiger partial charge in [-0.15, -0.1) is 11.8 Å². The monoisotopic (exact) mass is 386 g/mol. The minimum atomic E-state index is -0.341. The Labute approximate surface area is 164 Å². The first-order chi connectivity index (χ1) is 12.8. The predicted octanol–water partition coefficient (Wildman–Crippen LogP) is 4.32. The summed E-state index contributed by atoms with van der Waals surface area (Å²) in [4.78, 5) is 24.6. The zero-order valence-corrected chi connectivity index (χ0v) is 17.2. The van der Waals surface area contributed by atoms with E-state index in [1.54, 1.807) is 38.3 Å². The van der Waals surface area contributed by atoms with E-state index in [0.717, 1.165) is 22.6 Å². The minimum absolute atomic E-state index is 0.104. The molecule has 0 saturated heterocycles. The number of anilines is 2. The molecule has 2 N–H and O–H groups in total. The van der Waals surface area contributed by atoms with Crippen LogP contribution < -0.4 is 15.4 Å². The van der Waals surface area contributed by atoms with Crippen LogP contribution >= 0.6 is 11.8 Å². The standard InChI is InChI=1S/C21H26N2O3S/c1-13-10-14(2)20(15(3)11-13)23-21(25)16(4)27-12-19(24)22-17-6-8-18(26-5)9-7-17/h6-11,16H,12H2,1-5H3,(H,22,24)(H,23,25)/t16-/m0/s1. The Bertz CT molecular complexity index is 796. The third kappa shape index (κ3) is 6.03. The summed E-state index contributed by atoms with van der Waals surface area (Å²) in [6, 6.07) is 11.2. The fourth-order valence-electron chi connectivity index (χ4n) is 2.75. The van der Waals surface area contributed by atoms with Gasteiger partial charge in [-0.2, -0.15) is 0 Å². The van der Waals surface area contributed by atoms with Crippen LogP contribution in [0.2, 0.25) is 0 Å². The zero-order chi connectivity index (χ0) is 20.0. The lowest BCUT2D eigenvalue weighted by Gasteiger charge is -2.16. The number of methoxy groups -OCH3 is 1. The quantitative estimate of drug-likeness (QED) is 0.744. The number of hydrogen-bond donors (Lipinski definition) is 2. The maximum atomic E-state index is 12.5. The second kappa shape index (κ2) is 9.46. The van der Waals surface area contributed by atoms with Crippen molar-refractivity contribution in [3.8, 4) is 5.75 Å². The van der Waals surface area contributed by atoms with Crippen molar-refractivity contribution in [2.75, 3.05) is 23.5 Å². The number of rotatable bonds is 7. The van der Waals surface area contributed by atoms with Crippen LogP contribution in [0.4, 0.5) is 11.4 Å². The van der Waals surface area contributed by atoms with Gasteiger partial charge in [0.15, 0.2) is 0 Å². The molecule has 0 saturated carbocycles. The molecule has 0 spiro atoms. The first kappa shape index (κ1) is 20.8. The van der Waals surface area contributed by atoms with Crippen molar-refractivity contribution in [3.05, 3.63) is 53.1 Å². The fourth-order valence-corrected chi connectivity index (χ4v) is 3.43. The number of aryl methyl sites for hydroxylation is 3. The summed E-state index contributed by atoms with van der Waals surface area (Å²) in [6.07, 6.45) is 0. The van der Waals surface area contributed by atoms with E-state index in [1.165, 1.54) is 17.3 Å². The molecule has 0 aliphatic rings. The fraction of sp³-hybridized carbons (Fsp3) is 0.333. The highest BCUT2D eigenvalue weighted by Crippen LogP contribution is 2.23. The van der Waals surface area contributed by atoms with Gasteiger partial charge in [-0.05, 0) is 63.1 Å². The minimum Gasteiger partial charge on any atom is -0.497 e. The molecular formula is C21H26N2O3S. The number of thioether (sulfide) groups is 1. The number of amides is 2. The van der Waals surface area contributed by atoms with Crippen LogP contribution in [-0.4, -0.2) is 29.9 Å². The molecule has 0 unspecified atom stereocenters. The number of hydrogen-bond acceptors (Lipinski definition) is 4. The van der Waals surface area contributed by atoms with Crippen LogP contribution in [0.5, 0.6) is 5.75 Å². The molecule has 1 atom stereocenters. The van der Waals surface area contributed by atoms with Crippen LogP contribution in [0.3, 0.4) is 0 Å². The number of carbonyl (C=O) groups is 2. The summed E-state index contributed by atoms with van der Waals surface area (Å²) in [7, 11) is 1.59. The van der Waals surface area contributed by atoms with Gasteiger partial charge in [0.25, 0.3) is 0 Å². The van der Waals surface area contributed by atoms with Crippen molar-refractivity contribution in [1.82, 2.24) is 0 Å². The summed E-state index contributed by atoms with van der Waals surface area (Å²) in [5.74, 6) is 0.682. The van der Waals surface area contributed by atoms with Crippen molar-refractivity contribution in [3.63, 3.8) is 0 Å². The van der Waals surface area contributed by atoms with E-state index in [4.69, 9.17) is 4.74 Å². The van der Waals surface area contributed by atoms with Crippen molar-refractivity contribution < 1.29 is 14.3 Å². The molecule has 5 nitrogen and oxygen atoms in total. The van der Waals surface area contributed by atoms with E-state index >= 15 is 0 Å². The van der Waals surface area contributed by atoms with Crippen molar-refractivity contribution in [1.29, 1.82) is 0 Å². The molecule has 0 bridgehead atoms. The summed E-state index contributed by atoms with van der Waals surface area (Å²) < 4.78 is 5.09. The summed E-state index contributed by atoms with van der Waals surface area (Å²) >= 11 is 1.30. The molecule has 0 aromatic heterocycles. The highest BCUT2D eigenvalue weighted by atomic mass is 32.2. The molecule has 2 aromatic rings. The number of benzene rings is 2. The normalized spacial score (nSPS) is 11.6. The molecule has 0 heterocycles. The average Bonchev–Trinajstić information content (AvgIpc) is 2.63. The Morgan fingerprint density at radius 3 is 2.19 bits per heavy atom. The van der Waals surface area contributed by atoms with Gasteiger partial charge in [0.05, 0.1) is 18.1 Å². The largest absolute Gasteiger partial charge is 0.497 e. The molecule has 0 aliphatic heterocycles. The van der Waals surface area contributed by atoms with Gasteiger partial charge in [0, 0.05) is 11.4 Å². The van der Waals surface area contributed by atoms with Crippen LogP contribution in [0, 0.1) is 20.8 Å². The lowest BCUT2D eigenvalue weighted by atomic mass is 10.1. The van der Waals surface area contributed by atoms with Crippen molar-refractivity contribution in [2.24, 2.45) is 0 Å². The average molecular weight is 387 g/mol. The predicted molar refractivity (Wildman–Crippen MR) is 113 cm³/mol. The van der Waals surface area contributed by atoms with E-state index in [0.29, 0.717) is 5.69 Å². The highest BCUT2D eigenvalue weighted by Gasteiger charge is 2.17. The molecule has 27 heavy (non-hydrogen) atoms. The van der Waals surface area contributed by atoms with E-state index < -0.39 is 0 Å². The van der Waals surface area contributed by atoms with Gasteiger partial charge in [0.1, 0.15) is 5.75 Å². The smallest absolute Gasteiger partial charge is 0.237 e. The molecule has 6 heteroatoms. The maximum absolute atomic E-state index is 12.5. The molecule has 2 rings (SSSR count). The third-order valence-electron chi connectivity index (χ3n) is 4.13. The van der Waals surface area contributed by atoms with Crippen molar-refractivity contribution >= 4 is 35.0 Å². The Hall–Kier alpha value is -2.47. The maximum Gasteiger partial charge on any atom is 0.237 e. The molecule has 0 aliphatic carbocycles. The topological polar surface area (TPSA) is 67.4 Å². The molecule has 2 amide bonds. The number of ether oxygens (including phenoxy) is 1. The van der Waals surface area contributed by atoms with E-state index in [9.17, 15) is 9.59 Å². The van der Waals surface area contributed by atoms with Gasteiger partial charge in [-0.25, -0.2) is 0 Å². The molecular weight excluding hydrogens is 360 g/mol. The second-order valence-electron chi connectivity index (χ2n) is 6.49. The summed E-state index contributed by atoms with van der Waals surface area (Å²) in [6.45, 7) is 7.80. The first-order valence-electron chi connectivity index (χ1n) is 8.74. The first-order valence-corrected chi connectivity index (χ1v) is 9.79.